The molecule has 0 spiro atoms. The quantitative estimate of drug-likeness (QED) is 0.665. The second-order valence-corrected chi connectivity index (χ2v) is 9.70. The summed E-state index contributed by atoms with van der Waals surface area (Å²) in [5.41, 5.74) is 2.51. The molecule has 1 amide bonds. The lowest BCUT2D eigenvalue weighted by atomic mass is 10.2. The Labute approximate surface area is 161 Å². The average Bonchev–Trinajstić information content (AvgIpc) is 3.23. The maximum Gasteiger partial charge on any atom is 0.237 e. The number of aromatic nitrogens is 2. The number of H-pyrrole nitrogens is 1. The third-order valence-electron chi connectivity index (χ3n) is 4.58. The summed E-state index contributed by atoms with van der Waals surface area (Å²) in [4.78, 5) is 22.3. The molecule has 1 saturated heterocycles. The van der Waals surface area contributed by atoms with Gasteiger partial charge < -0.3 is 9.88 Å². The van der Waals surface area contributed by atoms with Gasteiger partial charge in [-0.2, -0.15) is 0 Å². The first-order valence-electron chi connectivity index (χ1n) is 8.67. The second-order valence-electron chi connectivity index (χ2n) is 6.50. The number of carbonyl (C=O) groups is 1. The van der Waals surface area contributed by atoms with E-state index in [4.69, 9.17) is 0 Å². The van der Waals surface area contributed by atoms with Gasteiger partial charge in [-0.05, 0) is 30.7 Å². The van der Waals surface area contributed by atoms with Gasteiger partial charge in [0.05, 0.1) is 34.3 Å². The molecule has 3 aromatic rings. The topological polar surface area (TPSA) is 83.1 Å². The lowest BCUT2D eigenvalue weighted by Crippen LogP contribution is -2.42. The van der Waals surface area contributed by atoms with Gasteiger partial charge in [-0.3, -0.25) is 4.79 Å². The minimum absolute atomic E-state index is 0.0168. The molecule has 140 valence electrons. The zero-order valence-electron chi connectivity index (χ0n) is 14.5. The average molecular weight is 402 g/mol. The van der Waals surface area contributed by atoms with Crippen LogP contribution >= 0.6 is 11.8 Å². The van der Waals surface area contributed by atoms with Crippen LogP contribution in [-0.2, 0) is 14.6 Å². The van der Waals surface area contributed by atoms with E-state index in [1.807, 2.05) is 54.6 Å². The maximum absolute atomic E-state index is 13.0. The molecule has 1 N–H and O–H groups in total. The molecule has 2 aromatic carbocycles. The molecule has 1 aliphatic heterocycles. The molecule has 1 atom stereocenters. The molecule has 0 bridgehead atoms. The van der Waals surface area contributed by atoms with E-state index >= 15 is 0 Å². The number of para-hydroxylation sites is 3. The molecule has 27 heavy (non-hydrogen) atoms. The van der Waals surface area contributed by atoms with Crippen LogP contribution in [-0.4, -0.2) is 47.6 Å². The lowest BCUT2D eigenvalue weighted by molar-refractivity contribution is -0.116. The Hall–Kier alpha value is -2.32. The highest BCUT2D eigenvalue weighted by molar-refractivity contribution is 7.99. The minimum atomic E-state index is -3.09. The first kappa shape index (κ1) is 18.1. The summed E-state index contributed by atoms with van der Waals surface area (Å²) < 4.78 is 23.8. The number of nitrogens with one attached hydrogen (secondary N) is 1. The minimum Gasteiger partial charge on any atom is -0.333 e. The van der Waals surface area contributed by atoms with Crippen LogP contribution in [0.5, 0.6) is 0 Å². The van der Waals surface area contributed by atoms with Crippen molar-refractivity contribution in [2.24, 2.45) is 0 Å². The highest BCUT2D eigenvalue weighted by atomic mass is 32.2. The summed E-state index contributed by atoms with van der Waals surface area (Å²) in [7, 11) is -3.09. The highest BCUT2D eigenvalue weighted by Crippen LogP contribution is 2.27. The van der Waals surface area contributed by atoms with E-state index in [-0.39, 0.29) is 29.2 Å². The fourth-order valence-electron chi connectivity index (χ4n) is 3.32. The fourth-order valence-corrected chi connectivity index (χ4v) is 5.77. The molecular weight excluding hydrogens is 382 g/mol. The Morgan fingerprint density at radius 3 is 2.59 bits per heavy atom. The monoisotopic (exact) mass is 401 g/mol. The smallest absolute Gasteiger partial charge is 0.237 e. The normalized spacial score (nSPS) is 18.6. The molecule has 1 aromatic heterocycles. The van der Waals surface area contributed by atoms with E-state index in [2.05, 4.69) is 9.97 Å². The number of benzene rings is 2. The standard InChI is InChI=1S/C19H19N3O3S2/c23-18(12-26-19-20-16-8-4-5-9-17(16)21-19)22(14-6-2-1-3-7-14)15-10-11-27(24,25)13-15/h1-9,15H,10-13H2,(H,20,21)/t15-/m1/s1. The van der Waals surface area contributed by atoms with Crippen LogP contribution in [0.3, 0.4) is 0 Å². The van der Waals surface area contributed by atoms with E-state index in [0.29, 0.717) is 11.6 Å². The van der Waals surface area contributed by atoms with Crippen molar-refractivity contribution in [3.63, 3.8) is 0 Å². The first-order valence-corrected chi connectivity index (χ1v) is 11.5. The summed E-state index contributed by atoms with van der Waals surface area (Å²) in [6.45, 7) is 0. The van der Waals surface area contributed by atoms with Crippen LogP contribution in [0.2, 0.25) is 0 Å². The Kier molecular flexibility index (Phi) is 4.92. The molecule has 1 aliphatic rings. The number of thioether (sulfide) groups is 1. The van der Waals surface area contributed by atoms with Crippen molar-refractivity contribution in [3.8, 4) is 0 Å². The number of anilines is 1. The number of hydrogen-bond donors (Lipinski definition) is 1. The summed E-state index contributed by atoms with van der Waals surface area (Å²) >= 11 is 1.33. The number of amides is 1. The van der Waals surface area contributed by atoms with Crippen molar-refractivity contribution in [1.29, 1.82) is 0 Å². The van der Waals surface area contributed by atoms with Gasteiger partial charge in [-0.25, -0.2) is 13.4 Å². The molecule has 0 radical (unpaired) electrons. The van der Waals surface area contributed by atoms with E-state index < -0.39 is 9.84 Å². The van der Waals surface area contributed by atoms with Crippen LogP contribution in [0.15, 0.2) is 59.8 Å². The zero-order chi connectivity index (χ0) is 18.9. The van der Waals surface area contributed by atoms with Crippen LogP contribution in [0, 0.1) is 0 Å². The van der Waals surface area contributed by atoms with Crippen molar-refractivity contribution in [2.75, 3.05) is 22.2 Å². The molecule has 0 aliphatic carbocycles. The summed E-state index contributed by atoms with van der Waals surface area (Å²) in [5, 5.41) is 0.677. The fraction of sp³-hybridized carbons (Fsp3) is 0.263. The predicted molar refractivity (Wildman–Crippen MR) is 108 cm³/mol. The molecular formula is C19H19N3O3S2. The maximum atomic E-state index is 13.0. The van der Waals surface area contributed by atoms with Crippen molar-refractivity contribution in [2.45, 2.75) is 17.6 Å². The van der Waals surface area contributed by atoms with Crippen LogP contribution in [0.25, 0.3) is 11.0 Å². The van der Waals surface area contributed by atoms with Crippen molar-refractivity contribution in [3.05, 3.63) is 54.6 Å². The second kappa shape index (κ2) is 7.36. The lowest BCUT2D eigenvalue weighted by Gasteiger charge is -2.28. The van der Waals surface area contributed by atoms with Gasteiger partial charge in [0.15, 0.2) is 15.0 Å². The highest BCUT2D eigenvalue weighted by Gasteiger charge is 2.35. The van der Waals surface area contributed by atoms with Gasteiger partial charge in [0.25, 0.3) is 0 Å². The van der Waals surface area contributed by atoms with Crippen molar-refractivity contribution >= 4 is 44.2 Å². The first-order chi connectivity index (χ1) is 13.0. The molecule has 6 nitrogen and oxygen atoms in total. The molecule has 2 heterocycles. The van der Waals surface area contributed by atoms with Gasteiger partial charge in [-0.15, -0.1) is 0 Å². The molecule has 0 unspecified atom stereocenters. The number of sulfone groups is 1. The predicted octanol–water partition coefficient (Wildman–Crippen LogP) is 2.88. The SMILES string of the molecule is O=C(CSc1nc2ccccc2[nH]1)N(c1ccccc1)[C@@H]1CCS(=O)(=O)C1. The number of aromatic amines is 1. The number of imidazole rings is 1. The molecule has 4 rings (SSSR count). The van der Waals surface area contributed by atoms with E-state index in [9.17, 15) is 13.2 Å². The Morgan fingerprint density at radius 1 is 1.15 bits per heavy atom. The largest absolute Gasteiger partial charge is 0.333 e. The Morgan fingerprint density at radius 2 is 1.89 bits per heavy atom. The molecule has 1 fully saturated rings. The van der Waals surface area contributed by atoms with E-state index in [1.54, 1.807) is 4.90 Å². The van der Waals surface area contributed by atoms with Gasteiger partial charge >= 0.3 is 0 Å². The van der Waals surface area contributed by atoms with Crippen LogP contribution in [0.4, 0.5) is 5.69 Å². The third kappa shape index (κ3) is 4.01. The summed E-state index contributed by atoms with van der Waals surface area (Å²) in [6.07, 6.45) is 0.471. The van der Waals surface area contributed by atoms with E-state index in [1.165, 1.54) is 11.8 Å². The number of carbonyl (C=O) groups excluding carboxylic acids is 1. The zero-order valence-corrected chi connectivity index (χ0v) is 16.2. The number of fused-ring (bicyclic) bond motifs is 1. The molecule has 8 heteroatoms. The summed E-state index contributed by atoms with van der Waals surface area (Å²) in [6, 6.07) is 16.6. The number of nitrogens with zero attached hydrogens (tertiary/aromatic N) is 2. The van der Waals surface area contributed by atoms with Crippen molar-refractivity contribution < 1.29 is 13.2 Å². The third-order valence-corrected chi connectivity index (χ3v) is 7.19. The van der Waals surface area contributed by atoms with Gasteiger partial charge in [0.1, 0.15) is 0 Å². The van der Waals surface area contributed by atoms with Gasteiger partial charge in [0.2, 0.25) is 5.91 Å². The Bertz CT molecular complexity index is 1030. The van der Waals surface area contributed by atoms with Crippen molar-refractivity contribution in [1.82, 2.24) is 9.97 Å². The van der Waals surface area contributed by atoms with Gasteiger partial charge in [0, 0.05) is 5.69 Å². The van der Waals surface area contributed by atoms with Crippen LogP contribution in [0.1, 0.15) is 6.42 Å². The summed E-state index contributed by atoms with van der Waals surface area (Å²) in [5.74, 6) is 0.216. The Balaban J connectivity index is 1.53. The van der Waals surface area contributed by atoms with E-state index in [0.717, 1.165) is 16.7 Å². The number of hydrogen-bond acceptors (Lipinski definition) is 5. The van der Waals surface area contributed by atoms with Gasteiger partial charge in [-0.1, -0.05) is 42.1 Å². The van der Waals surface area contributed by atoms with Crippen LogP contribution < -0.4 is 4.90 Å². The molecule has 0 saturated carbocycles. The number of rotatable bonds is 5.